The predicted octanol–water partition coefficient (Wildman–Crippen LogP) is 5.32. The Morgan fingerprint density at radius 1 is 1.17 bits per heavy atom. The molecule has 0 bridgehead atoms. The van der Waals surface area contributed by atoms with E-state index in [1.807, 2.05) is 31.2 Å². The summed E-state index contributed by atoms with van der Waals surface area (Å²) in [5.41, 5.74) is 2.04. The molecule has 9 heteroatoms. The molecule has 0 unspecified atom stereocenters. The van der Waals surface area contributed by atoms with Gasteiger partial charge >= 0.3 is 5.97 Å². The lowest BCUT2D eigenvalue weighted by atomic mass is 10.0. The number of nitro groups is 1. The van der Waals surface area contributed by atoms with E-state index in [-0.39, 0.29) is 21.2 Å². The van der Waals surface area contributed by atoms with Gasteiger partial charge in [0.2, 0.25) is 0 Å². The molecule has 29 heavy (non-hydrogen) atoms. The summed E-state index contributed by atoms with van der Waals surface area (Å²) in [5, 5.41) is 16.0. The third kappa shape index (κ3) is 4.28. The summed E-state index contributed by atoms with van der Waals surface area (Å²) in [7, 11) is 1.24. The fraction of sp³-hybridized carbons (Fsp3) is 0.100. The number of amides is 1. The molecule has 0 aliphatic rings. The van der Waals surface area contributed by atoms with E-state index in [1.165, 1.54) is 19.2 Å². The highest BCUT2D eigenvalue weighted by atomic mass is 35.5. The van der Waals surface area contributed by atoms with Crippen molar-refractivity contribution in [3.05, 3.63) is 79.7 Å². The number of rotatable bonds is 5. The smallest absolute Gasteiger partial charge is 0.341 e. The maximum Gasteiger partial charge on any atom is 0.341 e. The number of anilines is 1. The minimum atomic E-state index is -0.726. The lowest BCUT2D eigenvalue weighted by molar-refractivity contribution is -0.385. The third-order valence-electron chi connectivity index (χ3n) is 4.17. The van der Waals surface area contributed by atoms with Crippen molar-refractivity contribution < 1.29 is 19.2 Å². The Kier molecular flexibility index (Phi) is 5.95. The molecule has 2 aromatic carbocycles. The fourth-order valence-corrected chi connectivity index (χ4v) is 3.84. The number of benzene rings is 2. The van der Waals surface area contributed by atoms with E-state index in [1.54, 1.807) is 5.38 Å². The molecule has 148 valence electrons. The first-order valence-corrected chi connectivity index (χ1v) is 9.59. The van der Waals surface area contributed by atoms with Gasteiger partial charge in [0.05, 0.1) is 12.0 Å². The van der Waals surface area contributed by atoms with E-state index < -0.39 is 22.5 Å². The molecule has 1 heterocycles. The molecular weight excluding hydrogens is 416 g/mol. The average molecular weight is 431 g/mol. The van der Waals surface area contributed by atoms with E-state index in [9.17, 15) is 19.7 Å². The summed E-state index contributed by atoms with van der Waals surface area (Å²) < 4.78 is 4.88. The number of aryl methyl sites for hydroxylation is 1. The van der Waals surface area contributed by atoms with Crippen LogP contribution in [-0.4, -0.2) is 23.9 Å². The normalized spacial score (nSPS) is 10.4. The molecule has 0 aliphatic heterocycles. The van der Waals surface area contributed by atoms with Crippen molar-refractivity contribution in [3.63, 3.8) is 0 Å². The Morgan fingerprint density at radius 3 is 2.48 bits per heavy atom. The number of nitrogens with zero attached hydrogens (tertiary/aromatic N) is 1. The number of halogens is 1. The van der Waals surface area contributed by atoms with Crippen LogP contribution in [0.1, 0.15) is 26.3 Å². The van der Waals surface area contributed by atoms with Gasteiger partial charge in [-0.05, 0) is 24.6 Å². The molecule has 1 aromatic heterocycles. The number of esters is 1. The number of methoxy groups -OCH3 is 1. The van der Waals surface area contributed by atoms with Crippen molar-refractivity contribution in [2.24, 2.45) is 0 Å². The Morgan fingerprint density at radius 2 is 1.86 bits per heavy atom. The highest BCUT2D eigenvalue weighted by Gasteiger charge is 2.25. The van der Waals surface area contributed by atoms with Crippen LogP contribution in [0.3, 0.4) is 0 Å². The lowest BCUT2D eigenvalue weighted by Crippen LogP contribution is -2.15. The number of nitro benzene ring substituents is 1. The third-order valence-corrected chi connectivity index (χ3v) is 5.30. The summed E-state index contributed by atoms with van der Waals surface area (Å²) >= 11 is 6.93. The van der Waals surface area contributed by atoms with Gasteiger partial charge in [0.15, 0.2) is 0 Å². The quantitative estimate of drug-likeness (QED) is 0.335. The number of hydrogen-bond acceptors (Lipinski definition) is 6. The van der Waals surface area contributed by atoms with Crippen LogP contribution in [-0.2, 0) is 4.74 Å². The van der Waals surface area contributed by atoms with Gasteiger partial charge < -0.3 is 10.1 Å². The first kappa shape index (κ1) is 20.5. The van der Waals surface area contributed by atoms with Gasteiger partial charge in [0.1, 0.15) is 16.1 Å². The zero-order valence-corrected chi connectivity index (χ0v) is 17.0. The first-order valence-electron chi connectivity index (χ1n) is 8.34. The van der Waals surface area contributed by atoms with E-state index in [0.29, 0.717) is 5.56 Å². The summed E-state index contributed by atoms with van der Waals surface area (Å²) in [5.74, 6) is -1.35. The second-order valence-corrected chi connectivity index (χ2v) is 7.40. The first-order chi connectivity index (χ1) is 13.8. The van der Waals surface area contributed by atoms with Gasteiger partial charge in [-0.15, -0.1) is 11.3 Å². The average Bonchev–Trinajstić information content (AvgIpc) is 3.11. The van der Waals surface area contributed by atoms with Gasteiger partial charge in [-0.2, -0.15) is 0 Å². The SMILES string of the molecule is COC(=O)c1c(-c2ccc(C)cc2)csc1NC(=O)c1ccc(Cl)cc1[N+](=O)[O-]. The summed E-state index contributed by atoms with van der Waals surface area (Å²) in [6.45, 7) is 1.95. The number of hydrogen-bond donors (Lipinski definition) is 1. The van der Waals surface area contributed by atoms with Gasteiger partial charge in [-0.3, -0.25) is 14.9 Å². The van der Waals surface area contributed by atoms with Crippen molar-refractivity contribution >= 4 is 45.5 Å². The minimum Gasteiger partial charge on any atom is -0.465 e. The van der Waals surface area contributed by atoms with Gasteiger partial charge in [-0.1, -0.05) is 41.4 Å². The molecule has 1 N–H and O–H groups in total. The monoisotopic (exact) mass is 430 g/mol. The molecule has 0 saturated heterocycles. The van der Waals surface area contributed by atoms with Crippen molar-refractivity contribution in [1.82, 2.24) is 0 Å². The topological polar surface area (TPSA) is 98.5 Å². The van der Waals surface area contributed by atoms with Crippen LogP contribution in [0.25, 0.3) is 11.1 Å². The van der Waals surface area contributed by atoms with Crippen LogP contribution < -0.4 is 5.32 Å². The summed E-state index contributed by atoms with van der Waals surface area (Å²) in [6.07, 6.45) is 0. The Bertz CT molecular complexity index is 1110. The van der Waals surface area contributed by atoms with Crippen molar-refractivity contribution in [3.8, 4) is 11.1 Å². The van der Waals surface area contributed by atoms with Crippen LogP contribution in [0.5, 0.6) is 0 Å². The van der Waals surface area contributed by atoms with Crippen molar-refractivity contribution in [2.45, 2.75) is 6.92 Å². The Labute approximate surface area is 175 Å². The maximum atomic E-state index is 12.7. The van der Waals surface area contributed by atoms with E-state index in [4.69, 9.17) is 16.3 Å². The summed E-state index contributed by atoms with van der Waals surface area (Å²) in [6, 6.07) is 11.3. The molecule has 3 rings (SSSR count). The van der Waals surface area contributed by atoms with Gasteiger partial charge in [0.25, 0.3) is 11.6 Å². The standard InChI is InChI=1S/C20H15ClN2O5S/c1-11-3-5-12(6-4-11)15-10-29-19(17(15)20(25)28-2)22-18(24)14-8-7-13(21)9-16(14)23(26)27/h3-10H,1-2H3,(H,22,24). The Hall–Kier alpha value is -3.23. The molecule has 0 spiro atoms. The van der Waals surface area contributed by atoms with Crippen LogP contribution in [0.2, 0.25) is 5.02 Å². The van der Waals surface area contributed by atoms with E-state index in [2.05, 4.69) is 5.32 Å². The zero-order valence-electron chi connectivity index (χ0n) is 15.4. The molecule has 3 aromatic rings. The maximum absolute atomic E-state index is 12.7. The number of thiophene rings is 1. The molecule has 0 saturated carbocycles. The largest absolute Gasteiger partial charge is 0.465 e. The second-order valence-electron chi connectivity index (χ2n) is 6.08. The van der Waals surface area contributed by atoms with E-state index >= 15 is 0 Å². The number of ether oxygens (including phenoxy) is 1. The molecule has 0 aliphatic carbocycles. The second kappa shape index (κ2) is 8.42. The molecule has 0 radical (unpaired) electrons. The molecular formula is C20H15ClN2O5S. The number of nitrogens with one attached hydrogen (secondary N) is 1. The molecule has 1 amide bonds. The highest BCUT2D eigenvalue weighted by molar-refractivity contribution is 7.15. The number of carbonyl (C=O) groups is 2. The molecule has 7 nitrogen and oxygen atoms in total. The summed E-state index contributed by atoms with van der Waals surface area (Å²) in [4.78, 5) is 35.7. The predicted molar refractivity (Wildman–Crippen MR) is 112 cm³/mol. The van der Waals surface area contributed by atoms with Gasteiger partial charge in [0, 0.05) is 22.0 Å². The van der Waals surface area contributed by atoms with E-state index in [0.717, 1.165) is 28.5 Å². The highest BCUT2D eigenvalue weighted by Crippen LogP contribution is 2.37. The van der Waals surface area contributed by atoms with Crippen molar-refractivity contribution in [2.75, 3.05) is 12.4 Å². The van der Waals surface area contributed by atoms with Crippen molar-refractivity contribution in [1.29, 1.82) is 0 Å². The number of carbonyl (C=O) groups excluding carboxylic acids is 2. The minimum absolute atomic E-state index is 0.140. The lowest BCUT2D eigenvalue weighted by Gasteiger charge is -2.08. The van der Waals surface area contributed by atoms with Gasteiger partial charge in [-0.25, -0.2) is 4.79 Å². The molecule has 0 atom stereocenters. The Balaban J connectivity index is 2.02. The van der Waals surface area contributed by atoms with Crippen LogP contribution >= 0.6 is 22.9 Å². The van der Waals surface area contributed by atoms with Crippen LogP contribution in [0.4, 0.5) is 10.7 Å². The van der Waals surface area contributed by atoms with Crippen LogP contribution in [0.15, 0.2) is 47.8 Å². The zero-order chi connectivity index (χ0) is 21.1. The van der Waals surface area contributed by atoms with Crippen LogP contribution in [0, 0.1) is 17.0 Å². The fourth-order valence-electron chi connectivity index (χ4n) is 2.72. The molecule has 0 fully saturated rings.